The molecular formula is C18H19N5O3. The third-order valence-corrected chi connectivity index (χ3v) is 3.72. The summed E-state index contributed by atoms with van der Waals surface area (Å²) in [7, 11) is 3.86. The van der Waals surface area contributed by atoms with Crippen molar-refractivity contribution in [3.05, 3.63) is 65.0 Å². The van der Waals surface area contributed by atoms with E-state index in [2.05, 4.69) is 15.5 Å². The van der Waals surface area contributed by atoms with Crippen LogP contribution in [0.15, 0.2) is 58.2 Å². The van der Waals surface area contributed by atoms with Crippen molar-refractivity contribution in [3.8, 4) is 11.3 Å². The number of likely N-dealkylation sites (N-methyl/N-ethyl adjacent to an activating group) is 1. The van der Waals surface area contributed by atoms with E-state index in [4.69, 9.17) is 4.52 Å². The third kappa shape index (κ3) is 4.22. The molecule has 1 N–H and O–H groups in total. The minimum Gasteiger partial charge on any atom is -0.355 e. The Labute approximate surface area is 150 Å². The first-order chi connectivity index (χ1) is 12.5. The fourth-order valence-corrected chi connectivity index (χ4v) is 2.31. The average molecular weight is 353 g/mol. The van der Waals surface area contributed by atoms with Gasteiger partial charge in [0.2, 0.25) is 0 Å². The zero-order chi connectivity index (χ0) is 18.5. The van der Waals surface area contributed by atoms with Crippen molar-refractivity contribution >= 4 is 11.6 Å². The summed E-state index contributed by atoms with van der Waals surface area (Å²) < 4.78 is 6.76. The minimum atomic E-state index is -0.415. The van der Waals surface area contributed by atoms with Gasteiger partial charge in [-0.05, 0) is 32.3 Å². The zero-order valence-electron chi connectivity index (χ0n) is 14.5. The van der Waals surface area contributed by atoms with Gasteiger partial charge in [-0.25, -0.2) is 0 Å². The van der Waals surface area contributed by atoms with Crippen LogP contribution in [0.1, 0.15) is 10.5 Å². The molecular weight excluding hydrogens is 334 g/mol. The van der Waals surface area contributed by atoms with E-state index in [0.29, 0.717) is 18.0 Å². The maximum Gasteiger partial charge on any atom is 0.277 e. The summed E-state index contributed by atoms with van der Waals surface area (Å²) in [6.45, 7) is 1.25. The Bertz CT molecular complexity index is 947. The van der Waals surface area contributed by atoms with E-state index in [0.717, 1.165) is 12.1 Å². The maximum absolute atomic E-state index is 12.4. The molecule has 26 heavy (non-hydrogen) atoms. The van der Waals surface area contributed by atoms with Gasteiger partial charge in [0.25, 0.3) is 11.5 Å². The molecule has 8 nitrogen and oxygen atoms in total. The quantitative estimate of drug-likeness (QED) is 0.725. The molecule has 0 bridgehead atoms. The van der Waals surface area contributed by atoms with E-state index in [-0.39, 0.29) is 11.3 Å². The van der Waals surface area contributed by atoms with Crippen molar-refractivity contribution in [1.82, 2.24) is 19.6 Å². The van der Waals surface area contributed by atoms with Crippen LogP contribution in [-0.2, 0) is 6.54 Å². The second-order valence-electron chi connectivity index (χ2n) is 6.02. The molecule has 0 aromatic carbocycles. The van der Waals surface area contributed by atoms with E-state index in [1.165, 1.54) is 6.07 Å². The topological polar surface area (TPSA) is 93.3 Å². The summed E-state index contributed by atoms with van der Waals surface area (Å²) in [6, 6.07) is 8.13. The van der Waals surface area contributed by atoms with Gasteiger partial charge in [0, 0.05) is 49.4 Å². The van der Waals surface area contributed by atoms with Crippen LogP contribution >= 0.6 is 0 Å². The first-order valence-corrected chi connectivity index (χ1v) is 8.06. The van der Waals surface area contributed by atoms with Crippen LogP contribution in [0.4, 0.5) is 5.69 Å². The van der Waals surface area contributed by atoms with Gasteiger partial charge in [-0.3, -0.25) is 14.6 Å². The number of nitrogens with one attached hydrogen (secondary N) is 1. The number of nitrogens with zero attached hydrogens (tertiary/aromatic N) is 4. The Morgan fingerprint density at radius 2 is 2.15 bits per heavy atom. The highest BCUT2D eigenvalue weighted by Crippen LogP contribution is 2.19. The predicted molar refractivity (Wildman–Crippen MR) is 96.9 cm³/mol. The van der Waals surface area contributed by atoms with Gasteiger partial charge in [-0.1, -0.05) is 5.16 Å². The zero-order valence-corrected chi connectivity index (χ0v) is 14.5. The van der Waals surface area contributed by atoms with E-state index >= 15 is 0 Å². The lowest BCUT2D eigenvalue weighted by Gasteiger charge is -2.12. The van der Waals surface area contributed by atoms with Gasteiger partial charge in [-0.15, -0.1) is 0 Å². The summed E-state index contributed by atoms with van der Waals surface area (Å²) in [4.78, 5) is 30.3. The molecule has 0 aliphatic rings. The predicted octanol–water partition coefficient (Wildman–Crippen LogP) is 1.71. The van der Waals surface area contributed by atoms with Gasteiger partial charge < -0.3 is 19.3 Å². The number of carbonyl (C=O) groups is 1. The second-order valence-corrected chi connectivity index (χ2v) is 6.02. The molecule has 0 aliphatic heterocycles. The van der Waals surface area contributed by atoms with Crippen LogP contribution in [0.5, 0.6) is 0 Å². The number of hydrogen-bond acceptors (Lipinski definition) is 6. The number of hydrogen-bond donors (Lipinski definition) is 1. The van der Waals surface area contributed by atoms with Gasteiger partial charge in [0.15, 0.2) is 11.5 Å². The number of pyridine rings is 2. The summed E-state index contributed by atoms with van der Waals surface area (Å²) in [5.41, 5.74) is 1.27. The van der Waals surface area contributed by atoms with Gasteiger partial charge in [0.1, 0.15) is 0 Å². The summed E-state index contributed by atoms with van der Waals surface area (Å²) in [5, 5.41) is 6.53. The highest BCUT2D eigenvalue weighted by molar-refractivity contribution is 6.03. The normalized spacial score (nSPS) is 10.9. The smallest absolute Gasteiger partial charge is 0.277 e. The lowest BCUT2D eigenvalue weighted by molar-refractivity contribution is 0.101. The lowest BCUT2D eigenvalue weighted by atomic mass is 10.2. The Balaban J connectivity index is 1.73. The van der Waals surface area contributed by atoms with E-state index in [1.807, 2.05) is 25.1 Å². The number of rotatable bonds is 6. The fourth-order valence-electron chi connectivity index (χ4n) is 2.31. The van der Waals surface area contributed by atoms with Crippen LogP contribution in [0, 0.1) is 0 Å². The Morgan fingerprint density at radius 1 is 1.31 bits per heavy atom. The van der Waals surface area contributed by atoms with Crippen molar-refractivity contribution in [1.29, 1.82) is 0 Å². The van der Waals surface area contributed by atoms with E-state index < -0.39 is 5.91 Å². The second kappa shape index (κ2) is 7.75. The van der Waals surface area contributed by atoms with E-state index in [1.54, 1.807) is 41.4 Å². The molecule has 0 atom stereocenters. The standard InChI is InChI=1S/C18H19N5O3/c1-22(2)8-9-23-12-14(5-6-17(23)24)20-18(25)15-10-16(26-21-15)13-4-3-7-19-11-13/h3-7,10-12H,8-9H2,1-2H3,(H,20,25). The molecule has 3 aromatic heterocycles. The monoisotopic (exact) mass is 353 g/mol. The van der Waals surface area contributed by atoms with Crippen molar-refractivity contribution < 1.29 is 9.32 Å². The molecule has 1 amide bonds. The maximum atomic E-state index is 12.4. The molecule has 0 radical (unpaired) electrons. The number of aromatic nitrogens is 3. The molecule has 0 saturated heterocycles. The van der Waals surface area contributed by atoms with Crippen molar-refractivity contribution in [2.24, 2.45) is 0 Å². The molecule has 3 rings (SSSR count). The van der Waals surface area contributed by atoms with Crippen LogP contribution in [0.3, 0.4) is 0 Å². The van der Waals surface area contributed by atoms with Crippen molar-refractivity contribution in [2.75, 3.05) is 26.0 Å². The van der Waals surface area contributed by atoms with Crippen LogP contribution in [0.25, 0.3) is 11.3 Å². The molecule has 134 valence electrons. The lowest BCUT2D eigenvalue weighted by Crippen LogP contribution is -2.26. The third-order valence-electron chi connectivity index (χ3n) is 3.72. The van der Waals surface area contributed by atoms with Crippen molar-refractivity contribution in [2.45, 2.75) is 6.54 Å². The molecule has 3 aromatic rings. The Hall–Kier alpha value is -3.26. The molecule has 0 aliphatic carbocycles. The SMILES string of the molecule is CN(C)CCn1cc(NC(=O)c2cc(-c3cccnc3)on2)ccc1=O. The molecule has 8 heteroatoms. The molecule has 0 fully saturated rings. The first kappa shape index (κ1) is 17.6. The number of amides is 1. The summed E-state index contributed by atoms with van der Waals surface area (Å²) in [5.74, 6) is 0.0425. The highest BCUT2D eigenvalue weighted by atomic mass is 16.5. The molecule has 0 spiro atoms. The Morgan fingerprint density at radius 3 is 2.88 bits per heavy atom. The number of carbonyl (C=O) groups excluding carboxylic acids is 1. The Kier molecular flexibility index (Phi) is 5.23. The highest BCUT2D eigenvalue weighted by Gasteiger charge is 2.14. The average Bonchev–Trinajstić information content (AvgIpc) is 3.13. The van der Waals surface area contributed by atoms with Crippen LogP contribution in [-0.4, -0.2) is 46.2 Å². The molecule has 0 saturated carbocycles. The summed E-state index contributed by atoms with van der Waals surface area (Å²) in [6.07, 6.45) is 4.90. The first-order valence-electron chi connectivity index (χ1n) is 8.06. The number of anilines is 1. The summed E-state index contributed by atoms with van der Waals surface area (Å²) >= 11 is 0. The van der Waals surface area contributed by atoms with Crippen LogP contribution in [0.2, 0.25) is 0 Å². The van der Waals surface area contributed by atoms with Gasteiger partial charge in [0.05, 0.1) is 5.69 Å². The van der Waals surface area contributed by atoms with E-state index in [9.17, 15) is 9.59 Å². The van der Waals surface area contributed by atoms with Crippen molar-refractivity contribution in [3.63, 3.8) is 0 Å². The molecule has 0 unspecified atom stereocenters. The van der Waals surface area contributed by atoms with Gasteiger partial charge >= 0.3 is 0 Å². The van der Waals surface area contributed by atoms with Crippen LogP contribution < -0.4 is 10.9 Å². The van der Waals surface area contributed by atoms with Gasteiger partial charge in [-0.2, -0.15) is 0 Å². The largest absolute Gasteiger partial charge is 0.355 e. The fraction of sp³-hybridized carbons (Fsp3) is 0.222. The minimum absolute atomic E-state index is 0.120. The molecule has 3 heterocycles.